The Labute approximate surface area is 183 Å². The first-order chi connectivity index (χ1) is 15.5. The molecule has 1 aromatic carbocycles. The van der Waals surface area contributed by atoms with Gasteiger partial charge in [-0.3, -0.25) is 4.98 Å². The molecule has 4 aromatic rings. The number of halogens is 2. The van der Waals surface area contributed by atoms with Gasteiger partial charge in [-0.05, 0) is 55.8 Å². The van der Waals surface area contributed by atoms with Crippen LogP contribution in [-0.2, 0) is 4.74 Å². The van der Waals surface area contributed by atoms with Crippen LogP contribution in [-0.4, -0.2) is 39.6 Å². The van der Waals surface area contributed by atoms with E-state index >= 15 is 0 Å². The Balaban J connectivity index is 1.59. The largest absolute Gasteiger partial charge is 0.370 e. The minimum Gasteiger partial charge on any atom is -0.370 e. The van der Waals surface area contributed by atoms with Crippen molar-refractivity contribution in [2.24, 2.45) is 0 Å². The maximum absolute atomic E-state index is 14.7. The van der Waals surface area contributed by atoms with E-state index in [-0.39, 0.29) is 11.7 Å². The topological polar surface area (TPSA) is 64.0 Å². The van der Waals surface area contributed by atoms with Crippen LogP contribution in [0.5, 0.6) is 0 Å². The Bertz CT molecular complexity index is 1310. The third-order valence-corrected chi connectivity index (χ3v) is 5.52. The summed E-state index contributed by atoms with van der Waals surface area (Å²) in [5.74, 6) is -0.875. The lowest BCUT2D eigenvalue weighted by Gasteiger charge is -2.33. The van der Waals surface area contributed by atoms with E-state index in [4.69, 9.17) is 9.72 Å². The number of fused-ring (bicyclic) bond motifs is 1. The molecule has 1 aliphatic heterocycles. The van der Waals surface area contributed by atoms with Gasteiger partial charge in [0.2, 0.25) is 5.95 Å². The predicted octanol–water partition coefficient (Wildman–Crippen LogP) is 4.56. The molecule has 162 valence electrons. The van der Waals surface area contributed by atoms with Crippen LogP contribution in [0.2, 0.25) is 0 Å². The van der Waals surface area contributed by atoms with Gasteiger partial charge in [-0.1, -0.05) is 0 Å². The number of hydrogen-bond donors (Lipinski definition) is 0. The molecule has 1 atom stereocenters. The second-order valence-electron chi connectivity index (χ2n) is 7.86. The first-order valence-electron chi connectivity index (χ1n) is 10.4. The average molecular weight is 433 g/mol. The first-order valence-corrected chi connectivity index (χ1v) is 10.4. The summed E-state index contributed by atoms with van der Waals surface area (Å²) in [4.78, 5) is 20.2. The Morgan fingerprint density at radius 3 is 2.66 bits per heavy atom. The van der Waals surface area contributed by atoms with E-state index in [1.165, 1.54) is 12.1 Å². The van der Waals surface area contributed by atoms with Crippen LogP contribution in [0, 0.1) is 25.5 Å². The summed E-state index contributed by atoms with van der Waals surface area (Å²) in [5, 5.41) is 0.611. The van der Waals surface area contributed by atoms with Crippen molar-refractivity contribution in [1.29, 1.82) is 0 Å². The van der Waals surface area contributed by atoms with Crippen molar-refractivity contribution in [1.82, 2.24) is 19.9 Å². The maximum Gasteiger partial charge on any atom is 0.228 e. The Kier molecular flexibility index (Phi) is 5.22. The summed E-state index contributed by atoms with van der Waals surface area (Å²) in [5.41, 5.74) is 3.80. The highest BCUT2D eigenvalue weighted by Crippen LogP contribution is 2.31. The molecule has 32 heavy (non-hydrogen) atoms. The number of nitrogens with zero attached hydrogens (tertiary/aromatic N) is 5. The molecule has 0 N–H and O–H groups in total. The lowest BCUT2D eigenvalue weighted by atomic mass is 10.1. The van der Waals surface area contributed by atoms with E-state index in [0.29, 0.717) is 42.4 Å². The molecule has 0 saturated carbocycles. The number of hydrogen-bond acceptors (Lipinski definition) is 6. The van der Waals surface area contributed by atoms with Crippen molar-refractivity contribution in [3.8, 4) is 11.3 Å². The number of aromatic nitrogens is 4. The van der Waals surface area contributed by atoms with Crippen LogP contribution >= 0.6 is 0 Å². The molecule has 1 saturated heterocycles. The van der Waals surface area contributed by atoms with E-state index < -0.39 is 11.6 Å². The lowest BCUT2D eigenvalue weighted by molar-refractivity contribution is 0.0391. The first kappa shape index (κ1) is 20.4. The van der Waals surface area contributed by atoms with Gasteiger partial charge in [0.05, 0.1) is 18.8 Å². The highest BCUT2D eigenvalue weighted by Gasteiger charge is 2.26. The van der Waals surface area contributed by atoms with Gasteiger partial charge in [0.1, 0.15) is 17.7 Å². The maximum atomic E-state index is 14.7. The summed E-state index contributed by atoms with van der Waals surface area (Å²) >= 11 is 0. The zero-order chi connectivity index (χ0) is 22.2. The molecule has 8 heteroatoms. The summed E-state index contributed by atoms with van der Waals surface area (Å²) < 4.78 is 34.2. The fourth-order valence-electron chi connectivity index (χ4n) is 3.92. The second-order valence-corrected chi connectivity index (χ2v) is 7.86. The molecular formula is C24H21F2N5O. The summed E-state index contributed by atoms with van der Waals surface area (Å²) in [6.45, 7) is 5.42. The predicted molar refractivity (Wildman–Crippen MR) is 117 cm³/mol. The minimum atomic E-state index is -0.677. The van der Waals surface area contributed by atoms with Gasteiger partial charge in [-0.2, -0.15) is 4.98 Å². The summed E-state index contributed by atoms with van der Waals surface area (Å²) in [6.07, 6.45) is 1.60. The van der Waals surface area contributed by atoms with Crippen molar-refractivity contribution in [2.75, 3.05) is 24.6 Å². The molecule has 0 spiro atoms. The molecule has 5 rings (SSSR count). The molecule has 1 fully saturated rings. The van der Waals surface area contributed by atoms with Gasteiger partial charge in [0, 0.05) is 41.1 Å². The van der Waals surface area contributed by atoms with Crippen LogP contribution < -0.4 is 4.90 Å². The van der Waals surface area contributed by atoms with Crippen molar-refractivity contribution in [3.05, 3.63) is 77.2 Å². The van der Waals surface area contributed by atoms with Crippen LogP contribution in [0.15, 0.2) is 48.7 Å². The monoisotopic (exact) mass is 433 g/mol. The van der Waals surface area contributed by atoms with Gasteiger partial charge in [0.15, 0.2) is 5.65 Å². The third-order valence-electron chi connectivity index (χ3n) is 5.52. The van der Waals surface area contributed by atoms with Crippen molar-refractivity contribution in [3.63, 3.8) is 0 Å². The van der Waals surface area contributed by atoms with Gasteiger partial charge in [-0.15, -0.1) is 0 Å². The zero-order valence-corrected chi connectivity index (χ0v) is 17.7. The number of rotatable bonds is 3. The highest BCUT2D eigenvalue weighted by atomic mass is 19.1. The number of ether oxygens (including phenoxy) is 1. The normalized spacial score (nSPS) is 16.5. The standard InChI is InChI=1S/C24H21F2N5O/c1-14-3-5-19-22(18-6-4-17(25)12-20(18)26)29-24(30-23(19)28-14)31-9-10-32-21(13-31)16-7-8-27-15(2)11-16/h3-8,11-12,21H,9-10,13H2,1-2H3/t21-/m1/s1. The van der Waals surface area contributed by atoms with Gasteiger partial charge >= 0.3 is 0 Å². The van der Waals surface area contributed by atoms with E-state index in [2.05, 4.69) is 15.0 Å². The molecular weight excluding hydrogens is 412 g/mol. The number of benzene rings is 1. The third kappa shape index (κ3) is 3.89. The Morgan fingerprint density at radius 2 is 1.84 bits per heavy atom. The van der Waals surface area contributed by atoms with Crippen molar-refractivity contribution in [2.45, 2.75) is 20.0 Å². The zero-order valence-electron chi connectivity index (χ0n) is 17.7. The van der Waals surface area contributed by atoms with Crippen molar-refractivity contribution >= 4 is 17.0 Å². The van der Waals surface area contributed by atoms with Crippen molar-refractivity contribution < 1.29 is 13.5 Å². The molecule has 4 heterocycles. The molecule has 0 unspecified atom stereocenters. The van der Waals surface area contributed by atoms with E-state index in [1.54, 1.807) is 6.20 Å². The molecule has 3 aromatic heterocycles. The minimum absolute atomic E-state index is 0.166. The Hall–Kier alpha value is -3.52. The fourth-order valence-corrected chi connectivity index (χ4v) is 3.92. The van der Waals surface area contributed by atoms with E-state index in [1.807, 2.05) is 43.0 Å². The van der Waals surface area contributed by atoms with Crippen LogP contribution in [0.25, 0.3) is 22.3 Å². The van der Waals surface area contributed by atoms with Gasteiger partial charge < -0.3 is 9.64 Å². The molecule has 1 aliphatic rings. The molecule has 0 bridgehead atoms. The number of morpholine rings is 1. The Morgan fingerprint density at radius 1 is 0.969 bits per heavy atom. The van der Waals surface area contributed by atoms with Gasteiger partial charge in [0.25, 0.3) is 0 Å². The molecule has 0 radical (unpaired) electrons. The average Bonchev–Trinajstić information content (AvgIpc) is 2.78. The quantitative estimate of drug-likeness (QED) is 0.472. The highest BCUT2D eigenvalue weighted by molar-refractivity contribution is 5.91. The SMILES string of the molecule is Cc1cc([C@H]2CN(c3nc(-c4ccc(F)cc4F)c4ccc(C)nc4n3)CCO2)ccn1. The smallest absolute Gasteiger partial charge is 0.228 e. The lowest BCUT2D eigenvalue weighted by Crippen LogP contribution is -2.39. The number of anilines is 1. The van der Waals surface area contributed by atoms with E-state index in [9.17, 15) is 8.78 Å². The van der Waals surface area contributed by atoms with Gasteiger partial charge in [-0.25, -0.2) is 18.7 Å². The fraction of sp³-hybridized carbons (Fsp3) is 0.250. The van der Waals surface area contributed by atoms with E-state index in [0.717, 1.165) is 23.0 Å². The molecule has 0 amide bonds. The molecule has 6 nitrogen and oxygen atoms in total. The summed E-state index contributed by atoms with van der Waals surface area (Å²) in [6, 6.07) is 11.1. The van der Waals surface area contributed by atoms with Crippen LogP contribution in [0.4, 0.5) is 14.7 Å². The molecule has 0 aliphatic carbocycles. The number of aryl methyl sites for hydroxylation is 2. The summed E-state index contributed by atoms with van der Waals surface area (Å²) in [7, 11) is 0. The van der Waals surface area contributed by atoms with Crippen LogP contribution in [0.3, 0.4) is 0 Å². The second kappa shape index (κ2) is 8.20. The number of pyridine rings is 2. The van der Waals surface area contributed by atoms with Crippen LogP contribution in [0.1, 0.15) is 23.1 Å².